The Balaban J connectivity index is 1.84. The molecule has 2 saturated heterocycles. The van der Waals surface area contributed by atoms with Crippen LogP contribution < -0.4 is 55.3 Å². The topological polar surface area (TPSA) is 572 Å². The van der Waals surface area contributed by atoms with E-state index in [0.29, 0.717) is 6.42 Å². The number of primary amides is 3. The van der Waals surface area contributed by atoms with Gasteiger partial charge in [0, 0.05) is 25.1 Å². The number of nitrogens with zero attached hydrogens (tertiary/aromatic N) is 3. The van der Waals surface area contributed by atoms with Gasteiger partial charge in [-0.2, -0.15) is 0 Å². The number of H-pyrrole nitrogens is 1. The summed E-state index contributed by atoms with van der Waals surface area (Å²) < 4.78 is 28.5. The van der Waals surface area contributed by atoms with E-state index in [9.17, 15) is 74.4 Å². The van der Waals surface area contributed by atoms with E-state index in [1.807, 2.05) is 0 Å². The SMILES string of the molecule is CCCNC(=O)[C@H](NC(=O)[C@@H](C)[C@H](O)[C@@H](C)NC(=O)[C@H](NC(=O)c1nc([C@H](CC(N)=O)NC[C@H](N)C(N)=O)nc(N)c1C)[C@@H](O[C@@H]1O[C@@H](CO)[C@@H](O)[C@H](O)[C@@H]1O[C@@H]1O[C@H](CO)[C@@H](O)[C@@H](OC(N)=O)[C@@H]1O)c1cnc[nH]1)[C@@H](C)O. The second kappa shape index (κ2) is 29.0. The lowest BCUT2D eigenvalue weighted by molar-refractivity contribution is -0.372. The molecule has 0 saturated carbocycles. The Bertz CT molecular complexity index is 2360. The third-order valence-corrected chi connectivity index (χ3v) is 12.7. The van der Waals surface area contributed by atoms with Crippen LogP contribution in [0.1, 0.15) is 80.3 Å². The fourth-order valence-electron chi connectivity index (χ4n) is 8.08. The lowest BCUT2D eigenvalue weighted by Crippen LogP contribution is -2.65. The lowest BCUT2D eigenvalue weighted by atomic mass is 9.96. The zero-order valence-corrected chi connectivity index (χ0v) is 43.1. The first-order chi connectivity index (χ1) is 36.7. The summed E-state index contributed by atoms with van der Waals surface area (Å²) in [5.41, 5.74) is 27.1. The Labute approximate surface area is 444 Å². The van der Waals surface area contributed by atoms with Gasteiger partial charge in [-0.05, 0) is 27.2 Å². The molecule has 7 amide bonds. The number of aromatic nitrogens is 4. The number of aliphatic hydroxyl groups excluding tert-OH is 8. The van der Waals surface area contributed by atoms with E-state index in [2.05, 4.69) is 46.5 Å². The van der Waals surface area contributed by atoms with Crippen molar-refractivity contribution in [2.45, 2.75) is 157 Å². The number of amides is 7. The molecule has 0 spiro atoms. The van der Waals surface area contributed by atoms with Crippen molar-refractivity contribution in [1.29, 1.82) is 0 Å². The minimum atomic E-state index is -2.17. The molecule has 24 N–H and O–H groups in total. The Morgan fingerprint density at radius 1 is 0.821 bits per heavy atom. The minimum Gasteiger partial charge on any atom is -0.441 e. The summed E-state index contributed by atoms with van der Waals surface area (Å²) >= 11 is 0. The van der Waals surface area contributed by atoms with Crippen molar-refractivity contribution in [2.24, 2.45) is 28.9 Å². The molecule has 2 aliphatic rings. The van der Waals surface area contributed by atoms with Gasteiger partial charge in [0.05, 0.1) is 67.7 Å². The summed E-state index contributed by atoms with van der Waals surface area (Å²) in [4.78, 5) is 107. The summed E-state index contributed by atoms with van der Waals surface area (Å²) in [6.07, 6.45) is -24.3. The highest BCUT2D eigenvalue weighted by Gasteiger charge is 2.53. The van der Waals surface area contributed by atoms with Gasteiger partial charge >= 0.3 is 6.09 Å². The van der Waals surface area contributed by atoms with Gasteiger partial charge in [-0.25, -0.2) is 19.7 Å². The first kappa shape index (κ1) is 64.1. The zero-order chi connectivity index (χ0) is 58.5. The minimum absolute atomic E-state index is 0.105. The lowest BCUT2D eigenvalue weighted by Gasteiger charge is -2.47. The maximum Gasteiger partial charge on any atom is 0.404 e. The third-order valence-electron chi connectivity index (χ3n) is 12.7. The molecule has 2 aliphatic heterocycles. The number of rotatable bonds is 28. The molecule has 0 unspecified atom stereocenters. The molecule has 34 heteroatoms. The number of aliphatic hydroxyl groups is 8. The van der Waals surface area contributed by atoms with Gasteiger partial charge in [-0.15, -0.1) is 0 Å². The van der Waals surface area contributed by atoms with Crippen LogP contribution in [0.2, 0.25) is 0 Å². The van der Waals surface area contributed by atoms with E-state index in [4.69, 9.17) is 52.4 Å². The van der Waals surface area contributed by atoms with Gasteiger partial charge < -0.3 is 125 Å². The maximum absolute atomic E-state index is 14.9. The molecule has 2 fully saturated rings. The van der Waals surface area contributed by atoms with Crippen LogP contribution in [0.4, 0.5) is 10.6 Å². The number of carbonyl (C=O) groups is 7. The molecule has 4 rings (SSSR count). The second-order valence-electron chi connectivity index (χ2n) is 18.6. The normalized spacial score (nSPS) is 26.8. The van der Waals surface area contributed by atoms with Crippen LogP contribution >= 0.6 is 0 Å². The third kappa shape index (κ3) is 16.3. The fraction of sp³-hybridized carbons (Fsp3) is 0.682. The molecule has 34 nitrogen and oxygen atoms in total. The van der Waals surface area contributed by atoms with Crippen molar-refractivity contribution in [3.8, 4) is 0 Å². The van der Waals surface area contributed by atoms with E-state index in [1.165, 1.54) is 27.7 Å². The first-order valence-corrected chi connectivity index (χ1v) is 24.4. The molecule has 2 aromatic heterocycles. The number of hydrogen-bond acceptors (Lipinski definition) is 26. The fourth-order valence-corrected chi connectivity index (χ4v) is 8.08. The molecule has 0 aliphatic carbocycles. The summed E-state index contributed by atoms with van der Waals surface area (Å²) in [6.45, 7) is 4.76. The van der Waals surface area contributed by atoms with Gasteiger partial charge in [0.25, 0.3) is 5.91 Å². The number of imidazole rings is 1. The monoisotopic (exact) mass is 1120 g/mol. The highest BCUT2D eigenvalue weighted by atomic mass is 16.8. The zero-order valence-electron chi connectivity index (χ0n) is 43.1. The highest BCUT2D eigenvalue weighted by molar-refractivity contribution is 5.98. The largest absolute Gasteiger partial charge is 0.441 e. The summed E-state index contributed by atoms with van der Waals surface area (Å²) in [5.74, 6) is -8.05. The smallest absolute Gasteiger partial charge is 0.404 e. The molecule has 2 aromatic rings. The van der Waals surface area contributed by atoms with Crippen molar-refractivity contribution in [1.82, 2.24) is 46.5 Å². The van der Waals surface area contributed by atoms with Crippen LogP contribution in [0.25, 0.3) is 0 Å². The molecule has 78 heavy (non-hydrogen) atoms. The van der Waals surface area contributed by atoms with E-state index >= 15 is 0 Å². The van der Waals surface area contributed by atoms with Gasteiger partial charge in [0.1, 0.15) is 78.3 Å². The number of ether oxygens (including phenoxy) is 5. The Morgan fingerprint density at radius 3 is 2.03 bits per heavy atom. The van der Waals surface area contributed by atoms with Gasteiger partial charge in [0.2, 0.25) is 29.5 Å². The number of nitrogens with one attached hydrogen (secondary N) is 6. The molecule has 0 bridgehead atoms. The average Bonchev–Trinajstić information content (AvgIpc) is 3.97. The first-order valence-electron chi connectivity index (χ1n) is 24.4. The second-order valence-corrected chi connectivity index (χ2v) is 18.6. The van der Waals surface area contributed by atoms with E-state index in [1.54, 1.807) is 6.92 Å². The van der Waals surface area contributed by atoms with Crippen molar-refractivity contribution < 1.29 is 98.1 Å². The standard InChI is InChI=1S/C44H72N14O20/c1-6-7-51-39(70)25(17(5)61)56-38(69)15(3)27(63)16(4)54-41(72)26(57-40(71)24-14(2)35(47)58-37(55-24)19(8-23(46)62)52-9-18(45)36(48)68)32(20-10-50-13-53-20)76-43-34(30(66)28(64)21(11-59)75-43)77-42-31(67)33(78-44(49)73)29(65)22(12-60)74-42/h10,13,15-19,21-22,25-34,42-43,52,59-61,63-67H,6-9,11-12,45H2,1-5H3,(H2,46,62)(H2,48,68)(H2,49,73)(H,50,53)(H,51,70)(H,54,72)(H,56,69)(H,57,71)(H2,47,55,58)/t15-,16+,17+,18-,19-,21-,22+,25+,26+,27-,28+,29+,30-,31-,32-,33+,34-,42-,43-/m0/s1. The predicted molar refractivity (Wildman–Crippen MR) is 261 cm³/mol. The van der Waals surface area contributed by atoms with Gasteiger partial charge in [0.15, 0.2) is 18.7 Å². The van der Waals surface area contributed by atoms with Crippen molar-refractivity contribution in [3.05, 3.63) is 35.3 Å². The van der Waals surface area contributed by atoms with Crippen LogP contribution in [-0.4, -0.2) is 226 Å². The van der Waals surface area contributed by atoms with Crippen molar-refractivity contribution in [2.75, 3.05) is 32.0 Å². The van der Waals surface area contributed by atoms with Gasteiger partial charge in [-0.1, -0.05) is 13.8 Å². The van der Waals surface area contributed by atoms with Crippen molar-refractivity contribution in [3.63, 3.8) is 0 Å². The molecule has 0 radical (unpaired) electrons. The van der Waals surface area contributed by atoms with E-state index in [-0.39, 0.29) is 36.0 Å². The number of carbonyl (C=O) groups excluding carboxylic acids is 7. The Morgan fingerprint density at radius 2 is 1.46 bits per heavy atom. The number of hydrogen-bond donors (Lipinski definition) is 19. The molecule has 0 aromatic carbocycles. The number of nitrogen functional groups attached to an aromatic ring is 1. The molecule has 438 valence electrons. The molecule has 4 heterocycles. The van der Waals surface area contributed by atoms with Crippen LogP contribution in [0.3, 0.4) is 0 Å². The van der Waals surface area contributed by atoms with Crippen LogP contribution in [0.5, 0.6) is 0 Å². The summed E-state index contributed by atoms with van der Waals surface area (Å²) in [6, 6.07) is -7.57. The van der Waals surface area contributed by atoms with Crippen LogP contribution in [-0.2, 0) is 47.7 Å². The summed E-state index contributed by atoms with van der Waals surface area (Å²) in [5, 5.41) is 99.4. The average molecular weight is 1120 g/mol. The molecular formula is C44H72N14O20. The quantitative estimate of drug-likeness (QED) is 0.0376. The Kier molecular flexibility index (Phi) is 23.9. The van der Waals surface area contributed by atoms with Crippen LogP contribution in [0, 0.1) is 12.8 Å². The van der Waals surface area contributed by atoms with E-state index < -0.39 is 183 Å². The Hall–Kier alpha value is -6.38. The van der Waals surface area contributed by atoms with Crippen molar-refractivity contribution >= 4 is 47.4 Å². The summed E-state index contributed by atoms with van der Waals surface area (Å²) in [7, 11) is 0. The highest BCUT2D eigenvalue weighted by Crippen LogP contribution is 2.34. The molecule has 19 atom stereocenters. The van der Waals surface area contributed by atoms with Crippen LogP contribution in [0.15, 0.2) is 12.5 Å². The number of nitrogens with two attached hydrogens (primary N) is 5. The number of aromatic amines is 1. The number of anilines is 1. The molecular weight excluding hydrogens is 1040 g/mol. The maximum atomic E-state index is 14.9. The van der Waals surface area contributed by atoms with E-state index in [0.717, 1.165) is 12.5 Å². The van der Waals surface area contributed by atoms with Gasteiger partial charge in [-0.3, -0.25) is 28.8 Å². The predicted octanol–water partition coefficient (Wildman–Crippen LogP) is -9.11.